The van der Waals surface area contributed by atoms with Crippen LogP contribution in [0.15, 0.2) is 0 Å². The zero-order valence-electron chi connectivity index (χ0n) is 15.0. The van der Waals surface area contributed by atoms with E-state index >= 15 is 0 Å². The van der Waals surface area contributed by atoms with E-state index in [9.17, 15) is 9.59 Å². The van der Waals surface area contributed by atoms with E-state index in [0.717, 1.165) is 77.9 Å². The van der Waals surface area contributed by atoms with Crippen LogP contribution in [0.4, 0.5) is 0 Å². The summed E-state index contributed by atoms with van der Waals surface area (Å²) in [4.78, 5) is 26.7. The van der Waals surface area contributed by atoms with Gasteiger partial charge in [-0.1, -0.05) is 13.3 Å². The van der Waals surface area contributed by atoms with Gasteiger partial charge in [-0.2, -0.15) is 0 Å². The Labute approximate surface area is 145 Å². The lowest BCUT2D eigenvalue weighted by molar-refractivity contribution is -0.130. The largest absolute Gasteiger partial charge is 0.379 e. The molecular formula is C18H33N3O3. The zero-order valence-corrected chi connectivity index (χ0v) is 15.0. The molecule has 1 aliphatic carbocycles. The molecule has 6 heteroatoms. The van der Waals surface area contributed by atoms with Crippen molar-refractivity contribution in [3.8, 4) is 0 Å². The summed E-state index contributed by atoms with van der Waals surface area (Å²) in [6, 6.07) is 0. The molecule has 24 heavy (non-hydrogen) atoms. The Morgan fingerprint density at radius 2 is 1.50 bits per heavy atom. The number of carbonyl (C=O) groups is 2. The van der Waals surface area contributed by atoms with Gasteiger partial charge in [0.2, 0.25) is 11.8 Å². The molecule has 2 rings (SSSR count). The van der Waals surface area contributed by atoms with Gasteiger partial charge >= 0.3 is 0 Å². The van der Waals surface area contributed by atoms with Crippen molar-refractivity contribution in [3.05, 3.63) is 0 Å². The molecule has 2 fully saturated rings. The van der Waals surface area contributed by atoms with Crippen molar-refractivity contribution in [2.75, 3.05) is 45.9 Å². The highest BCUT2D eigenvalue weighted by molar-refractivity contribution is 5.81. The molecule has 138 valence electrons. The Morgan fingerprint density at radius 1 is 0.958 bits per heavy atom. The molecule has 1 saturated heterocycles. The number of hydrogen-bond donors (Lipinski definition) is 2. The van der Waals surface area contributed by atoms with Gasteiger partial charge in [-0.05, 0) is 32.1 Å². The average molecular weight is 339 g/mol. The molecule has 6 nitrogen and oxygen atoms in total. The number of unbranched alkanes of at least 4 members (excludes halogenated alkanes) is 1. The van der Waals surface area contributed by atoms with Gasteiger partial charge < -0.3 is 15.4 Å². The molecule has 0 unspecified atom stereocenters. The number of hydrogen-bond acceptors (Lipinski definition) is 4. The summed E-state index contributed by atoms with van der Waals surface area (Å²) >= 11 is 0. The first-order valence-electron chi connectivity index (χ1n) is 9.56. The maximum Gasteiger partial charge on any atom is 0.223 e. The molecular weight excluding hydrogens is 306 g/mol. The molecule has 0 aromatic carbocycles. The van der Waals surface area contributed by atoms with Crippen LogP contribution in [0.1, 0.15) is 45.4 Å². The minimum atomic E-state index is 0.0781. The van der Waals surface area contributed by atoms with E-state index in [0.29, 0.717) is 6.54 Å². The molecule has 2 N–H and O–H groups in total. The van der Waals surface area contributed by atoms with Crippen LogP contribution in [0.3, 0.4) is 0 Å². The first-order chi connectivity index (χ1) is 11.7. The summed E-state index contributed by atoms with van der Waals surface area (Å²) in [5.74, 6) is 0.511. The zero-order chi connectivity index (χ0) is 17.2. The molecule has 0 aromatic heterocycles. The van der Waals surface area contributed by atoms with Crippen LogP contribution in [0.5, 0.6) is 0 Å². The summed E-state index contributed by atoms with van der Waals surface area (Å²) in [7, 11) is 0. The minimum Gasteiger partial charge on any atom is -0.379 e. The highest BCUT2D eigenvalue weighted by Gasteiger charge is 2.29. The van der Waals surface area contributed by atoms with Crippen LogP contribution in [-0.2, 0) is 14.3 Å². The van der Waals surface area contributed by atoms with Gasteiger partial charge in [0.15, 0.2) is 0 Å². The molecule has 0 spiro atoms. The Bertz CT molecular complexity index is 389. The quantitative estimate of drug-likeness (QED) is 0.651. The van der Waals surface area contributed by atoms with Gasteiger partial charge in [-0.15, -0.1) is 0 Å². The number of morpholine rings is 1. The topological polar surface area (TPSA) is 70.7 Å². The average Bonchev–Trinajstić information content (AvgIpc) is 2.63. The van der Waals surface area contributed by atoms with Crippen LogP contribution in [0.2, 0.25) is 0 Å². The first-order valence-corrected chi connectivity index (χ1v) is 9.56. The summed E-state index contributed by atoms with van der Waals surface area (Å²) in [5.41, 5.74) is 0. The molecule has 2 amide bonds. The Hall–Kier alpha value is -1.14. The van der Waals surface area contributed by atoms with Crippen LogP contribution in [-0.4, -0.2) is 62.7 Å². The Kier molecular flexibility index (Phi) is 8.53. The van der Waals surface area contributed by atoms with Crippen molar-refractivity contribution < 1.29 is 14.3 Å². The lowest BCUT2D eigenvalue weighted by Crippen LogP contribution is -2.43. The highest BCUT2D eigenvalue weighted by Crippen LogP contribution is 2.29. The maximum absolute atomic E-state index is 12.3. The molecule has 2 aliphatic rings. The number of nitrogens with one attached hydrogen (secondary N) is 2. The fourth-order valence-electron chi connectivity index (χ4n) is 3.46. The van der Waals surface area contributed by atoms with Crippen LogP contribution in [0, 0.1) is 11.8 Å². The smallest absolute Gasteiger partial charge is 0.223 e. The number of ether oxygens (including phenoxy) is 1. The van der Waals surface area contributed by atoms with E-state index in [1.54, 1.807) is 0 Å². The van der Waals surface area contributed by atoms with E-state index in [-0.39, 0.29) is 23.7 Å². The third-order valence-corrected chi connectivity index (χ3v) is 5.13. The van der Waals surface area contributed by atoms with Gasteiger partial charge in [-0.3, -0.25) is 14.5 Å². The Balaban J connectivity index is 1.58. The molecule has 1 heterocycles. The van der Waals surface area contributed by atoms with Crippen molar-refractivity contribution in [1.29, 1.82) is 0 Å². The first kappa shape index (κ1) is 19.2. The minimum absolute atomic E-state index is 0.0781. The van der Waals surface area contributed by atoms with Crippen molar-refractivity contribution >= 4 is 11.8 Å². The predicted molar refractivity (Wildman–Crippen MR) is 93.6 cm³/mol. The van der Waals surface area contributed by atoms with Gasteiger partial charge in [0.1, 0.15) is 0 Å². The normalized spacial score (nSPS) is 25.2. The van der Waals surface area contributed by atoms with Crippen LogP contribution >= 0.6 is 0 Å². The molecule has 1 aliphatic heterocycles. The monoisotopic (exact) mass is 339 g/mol. The number of carbonyl (C=O) groups excluding carboxylic acids is 2. The molecule has 0 atom stereocenters. The van der Waals surface area contributed by atoms with E-state index < -0.39 is 0 Å². The van der Waals surface area contributed by atoms with Gasteiger partial charge in [-0.25, -0.2) is 0 Å². The second-order valence-electron chi connectivity index (χ2n) is 6.94. The van der Waals surface area contributed by atoms with E-state index in [1.165, 1.54) is 0 Å². The highest BCUT2D eigenvalue weighted by atomic mass is 16.5. The predicted octanol–water partition coefficient (Wildman–Crippen LogP) is 1.16. The van der Waals surface area contributed by atoms with Gasteiger partial charge in [0, 0.05) is 44.6 Å². The second kappa shape index (κ2) is 10.7. The third-order valence-electron chi connectivity index (χ3n) is 5.13. The van der Waals surface area contributed by atoms with E-state index in [1.807, 2.05) is 0 Å². The molecule has 0 aromatic rings. The van der Waals surface area contributed by atoms with E-state index in [4.69, 9.17) is 4.74 Å². The summed E-state index contributed by atoms with van der Waals surface area (Å²) in [6.07, 6.45) is 5.45. The van der Waals surface area contributed by atoms with Crippen molar-refractivity contribution in [3.63, 3.8) is 0 Å². The maximum atomic E-state index is 12.3. The SMILES string of the molecule is CCCCNC(=O)C1CCC(C(=O)NCCN2CCOCC2)CC1. The van der Waals surface area contributed by atoms with Crippen LogP contribution in [0.25, 0.3) is 0 Å². The lowest BCUT2D eigenvalue weighted by atomic mass is 9.81. The summed E-state index contributed by atoms with van der Waals surface area (Å²) in [6.45, 7) is 7.98. The Morgan fingerprint density at radius 3 is 2.04 bits per heavy atom. The molecule has 1 saturated carbocycles. The van der Waals surface area contributed by atoms with Gasteiger partial charge in [0.25, 0.3) is 0 Å². The van der Waals surface area contributed by atoms with Crippen molar-refractivity contribution in [2.24, 2.45) is 11.8 Å². The molecule has 0 bridgehead atoms. The second-order valence-corrected chi connectivity index (χ2v) is 6.94. The fourth-order valence-corrected chi connectivity index (χ4v) is 3.46. The van der Waals surface area contributed by atoms with Crippen molar-refractivity contribution in [2.45, 2.75) is 45.4 Å². The number of amides is 2. The summed E-state index contributed by atoms with van der Waals surface area (Å²) in [5, 5.41) is 6.08. The third kappa shape index (κ3) is 6.40. The molecule has 0 radical (unpaired) electrons. The number of rotatable bonds is 8. The number of nitrogens with zero attached hydrogens (tertiary/aromatic N) is 1. The van der Waals surface area contributed by atoms with E-state index in [2.05, 4.69) is 22.5 Å². The standard InChI is InChI=1S/C18H33N3O3/c1-2-3-8-19-17(22)15-4-6-16(7-5-15)18(23)20-9-10-21-11-13-24-14-12-21/h15-16H,2-14H2,1H3,(H,19,22)(H,20,23). The fraction of sp³-hybridized carbons (Fsp3) is 0.889. The van der Waals surface area contributed by atoms with Gasteiger partial charge in [0.05, 0.1) is 13.2 Å². The summed E-state index contributed by atoms with van der Waals surface area (Å²) < 4.78 is 5.32. The lowest BCUT2D eigenvalue weighted by Gasteiger charge is -2.28. The van der Waals surface area contributed by atoms with Crippen molar-refractivity contribution in [1.82, 2.24) is 15.5 Å². The van der Waals surface area contributed by atoms with Crippen LogP contribution < -0.4 is 10.6 Å².